The van der Waals surface area contributed by atoms with Gasteiger partial charge in [0.1, 0.15) is 11.1 Å². The van der Waals surface area contributed by atoms with Crippen molar-refractivity contribution in [3.63, 3.8) is 0 Å². The molecule has 0 saturated heterocycles. The number of benzene rings is 1. The summed E-state index contributed by atoms with van der Waals surface area (Å²) in [5.41, 5.74) is 0.779. The summed E-state index contributed by atoms with van der Waals surface area (Å²) in [5.74, 6) is 0.129. The molecule has 0 fully saturated rings. The number of thioether (sulfide) groups is 1. The van der Waals surface area contributed by atoms with Gasteiger partial charge in [0.2, 0.25) is 0 Å². The lowest BCUT2D eigenvalue weighted by Crippen LogP contribution is -2.10. The lowest BCUT2D eigenvalue weighted by atomic mass is 10.1. The van der Waals surface area contributed by atoms with Crippen LogP contribution in [0.3, 0.4) is 0 Å². The molecule has 2 aromatic rings. The molecule has 3 rings (SSSR count). The normalized spacial score (nSPS) is 16.0. The van der Waals surface area contributed by atoms with Gasteiger partial charge in [0, 0.05) is 13.0 Å². The standard InChI is InChI=1S/C15H17N3O2S/c19-14(20)13(11-7-3-1-4-8-11)21-15-17-16-12-9-5-2-6-10-18(12)15/h1,3-4,7-8,13H,2,5-6,9-10H2,(H,19,20). The van der Waals surface area contributed by atoms with E-state index in [1.807, 2.05) is 30.3 Å². The predicted molar refractivity (Wildman–Crippen MR) is 80.3 cm³/mol. The maximum absolute atomic E-state index is 11.6. The molecular formula is C15H17N3O2S. The molecule has 1 atom stereocenters. The number of aliphatic carboxylic acids is 1. The highest BCUT2D eigenvalue weighted by atomic mass is 32.2. The maximum Gasteiger partial charge on any atom is 0.321 e. The van der Waals surface area contributed by atoms with Crippen molar-refractivity contribution in [3.05, 3.63) is 41.7 Å². The van der Waals surface area contributed by atoms with Crippen molar-refractivity contribution in [1.29, 1.82) is 0 Å². The highest BCUT2D eigenvalue weighted by molar-refractivity contribution is 8.00. The second-order valence-electron chi connectivity index (χ2n) is 5.11. The molecule has 1 aromatic carbocycles. The summed E-state index contributed by atoms with van der Waals surface area (Å²) in [7, 11) is 0. The van der Waals surface area contributed by atoms with Crippen LogP contribution in [0.25, 0.3) is 0 Å². The van der Waals surface area contributed by atoms with Crippen LogP contribution in [0.1, 0.15) is 35.9 Å². The SMILES string of the molecule is O=C(O)C(Sc1nnc2n1CCCCC2)c1ccccc1. The zero-order valence-corrected chi connectivity index (χ0v) is 12.4. The molecule has 1 unspecified atom stereocenters. The second-order valence-corrected chi connectivity index (χ2v) is 6.18. The first-order valence-corrected chi connectivity index (χ1v) is 8.00. The van der Waals surface area contributed by atoms with Crippen LogP contribution in [0.15, 0.2) is 35.5 Å². The third-order valence-corrected chi connectivity index (χ3v) is 4.85. The summed E-state index contributed by atoms with van der Waals surface area (Å²) >= 11 is 1.27. The fourth-order valence-corrected chi connectivity index (χ4v) is 3.56. The summed E-state index contributed by atoms with van der Waals surface area (Å²) in [5, 5.41) is 18.0. The van der Waals surface area contributed by atoms with Crippen molar-refractivity contribution < 1.29 is 9.90 Å². The van der Waals surface area contributed by atoms with Gasteiger partial charge in [0.15, 0.2) is 5.16 Å². The van der Waals surface area contributed by atoms with Gasteiger partial charge in [0.25, 0.3) is 0 Å². The molecule has 1 aliphatic rings. The van der Waals surface area contributed by atoms with E-state index in [9.17, 15) is 9.90 Å². The predicted octanol–water partition coefficient (Wildman–Crippen LogP) is 2.92. The van der Waals surface area contributed by atoms with Gasteiger partial charge in [-0.2, -0.15) is 0 Å². The van der Waals surface area contributed by atoms with E-state index in [1.165, 1.54) is 18.2 Å². The Hall–Kier alpha value is -1.82. The van der Waals surface area contributed by atoms with Crippen molar-refractivity contribution >= 4 is 17.7 Å². The number of hydrogen-bond donors (Lipinski definition) is 1. The van der Waals surface area contributed by atoms with Gasteiger partial charge < -0.3 is 9.67 Å². The van der Waals surface area contributed by atoms with Crippen molar-refractivity contribution in [2.24, 2.45) is 0 Å². The Morgan fingerprint density at radius 2 is 2.00 bits per heavy atom. The zero-order valence-electron chi connectivity index (χ0n) is 11.6. The number of aromatic nitrogens is 3. The molecule has 1 aliphatic heterocycles. The Bertz CT molecular complexity index is 627. The minimum Gasteiger partial charge on any atom is -0.480 e. The van der Waals surface area contributed by atoms with E-state index in [1.54, 1.807) is 0 Å². The largest absolute Gasteiger partial charge is 0.480 e. The van der Waals surface area contributed by atoms with Crippen LogP contribution in [0.2, 0.25) is 0 Å². The number of carboxylic acid groups (broad SMARTS) is 1. The minimum absolute atomic E-state index is 0.650. The number of rotatable bonds is 4. The van der Waals surface area contributed by atoms with Gasteiger partial charge in [-0.3, -0.25) is 4.79 Å². The van der Waals surface area contributed by atoms with E-state index in [2.05, 4.69) is 14.8 Å². The number of aryl methyl sites for hydroxylation is 1. The molecule has 0 amide bonds. The molecule has 6 heteroatoms. The molecule has 110 valence electrons. The molecule has 21 heavy (non-hydrogen) atoms. The molecule has 2 heterocycles. The molecule has 0 aliphatic carbocycles. The first-order chi connectivity index (χ1) is 10.3. The zero-order chi connectivity index (χ0) is 14.7. The lowest BCUT2D eigenvalue weighted by Gasteiger charge is -2.13. The Kier molecular flexibility index (Phi) is 4.24. The summed E-state index contributed by atoms with van der Waals surface area (Å²) in [4.78, 5) is 11.6. The van der Waals surface area contributed by atoms with Crippen LogP contribution >= 0.6 is 11.8 Å². The molecule has 1 aromatic heterocycles. The topological polar surface area (TPSA) is 68.0 Å². The molecule has 0 spiro atoms. The lowest BCUT2D eigenvalue weighted by molar-refractivity contribution is -0.136. The highest BCUT2D eigenvalue weighted by Crippen LogP contribution is 2.35. The van der Waals surface area contributed by atoms with Gasteiger partial charge in [0.05, 0.1) is 0 Å². The minimum atomic E-state index is -0.850. The van der Waals surface area contributed by atoms with Gasteiger partial charge in [-0.15, -0.1) is 10.2 Å². The van der Waals surface area contributed by atoms with Crippen LogP contribution in [0.4, 0.5) is 0 Å². The maximum atomic E-state index is 11.6. The molecule has 1 N–H and O–H groups in total. The molecule has 0 radical (unpaired) electrons. The fourth-order valence-electron chi connectivity index (χ4n) is 2.54. The first-order valence-electron chi connectivity index (χ1n) is 7.12. The Morgan fingerprint density at radius 1 is 1.19 bits per heavy atom. The summed E-state index contributed by atoms with van der Waals surface area (Å²) < 4.78 is 2.08. The molecule has 0 saturated carbocycles. The van der Waals surface area contributed by atoms with Crippen LogP contribution in [0.5, 0.6) is 0 Å². The van der Waals surface area contributed by atoms with Crippen molar-refractivity contribution in [1.82, 2.24) is 14.8 Å². The fraction of sp³-hybridized carbons (Fsp3) is 0.400. The Labute approximate surface area is 127 Å². The van der Waals surface area contributed by atoms with E-state index in [0.717, 1.165) is 37.2 Å². The number of fused-ring (bicyclic) bond motifs is 1. The summed E-state index contributed by atoms with van der Waals surface area (Å²) in [6.07, 6.45) is 4.34. The molecule has 5 nitrogen and oxygen atoms in total. The van der Waals surface area contributed by atoms with E-state index in [-0.39, 0.29) is 0 Å². The Morgan fingerprint density at radius 3 is 2.76 bits per heavy atom. The second kappa shape index (κ2) is 6.30. The van der Waals surface area contributed by atoms with Crippen molar-refractivity contribution in [3.8, 4) is 0 Å². The van der Waals surface area contributed by atoms with E-state index in [0.29, 0.717) is 5.16 Å². The Balaban J connectivity index is 1.87. The van der Waals surface area contributed by atoms with Crippen LogP contribution in [-0.2, 0) is 17.8 Å². The van der Waals surface area contributed by atoms with Gasteiger partial charge >= 0.3 is 5.97 Å². The van der Waals surface area contributed by atoms with Gasteiger partial charge in [-0.25, -0.2) is 0 Å². The monoisotopic (exact) mass is 303 g/mol. The number of hydrogen-bond acceptors (Lipinski definition) is 4. The number of carboxylic acids is 1. The van der Waals surface area contributed by atoms with Crippen LogP contribution in [0, 0.1) is 0 Å². The van der Waals surface area contributed by atoms with Crippen LogP contribution in [-0.4, -0.2) is 25.8 Å². The highest BCUT2D eigenvalue weighted by Gasteiger charge is 2.25. The van der Waals surface area contributed by atoms with Crippen molar-refractivity contribution in [2.45, 2.75) is 42.6 Å². The van der Waals surface area contributed by atoms with Crippen molar-refractivity contribution in [2.75, 3.05) is 0 Å². The average Bonchev–Trinajstić information content (AvgIpc) is 2.72. The number of carbonyl (C=O) groups is 1. The molecular weight excluding hydrogens is 286 g/mol. The van der Waals surface area contributed by atoms with E-state index >= 15 is 0 Å². The van der Waals surface area contributed by atoms with E-state index in [4.69, 9.17) is 0 Å². The first kappa shape index (κ1) is 14.1. The third kappa shape index (κ3) is 3.10. The number of nitrogens with zero attached hydrogens (tertiary/aromatic N) is 3. The van der Waals surface area contributed by atoms with Gasteiger partial charge in [-0.05, 0) is 18.4 Å². The summed E-state index contributed by atoms with van der Waals surface area (Å²) in [6.45, 7) is 0.881. The third-order valence-electron chi connectivity index (χ3n) is 3.63. The van der Waals surface area contributed by atoms with E-state index < -0.39 is 11.2 Å². The quantitative estimate of drug-likeness (QED) is 0.880. The average molecular weight is 303 g/mol. The van der Waals surface area contributed by atoms with Gasteiger partial charge in [-0.1, -0.05) is 48.5 Å². The smallest absolute Gasteiger partial charge is 0.321 e. The molecule has 0 bridgehead atoms. The van der Waals surface area contributed by atoms with Crippen LogP contribution < -0.4 is 0 Å². The summed E-state index contributed by atoms with van der Waals surface area (Å²) in [6, 6.07) is 9.28.